The van der Waals surface area contributed by atoms with Crippen molar-refractivity contribution in [3.63, 3.8) is 0 Å². The zero-order valence-corrected chi connectivity index (χ0v) is 19.9. The molecule has 0 saturated heterocycles. The van der Waals surface area contributed by atoms with E-state index in [2.05, 4.69) is 10.6 Å². The summed E-state index contributed by atoms with van der Waals surface area (Å²) in [5, 5.41) is 6.01. The number of rotatable bonds is 9. The monoisotopic (exact) mass is 490 g/mol. The number of carbonyl (C=O) groups excluding carboxylic acids is 2. The number of carbonyl (C=O) groups is 2. The van der Waals surface area contributed by atoms with Crippen LogP contribution in [0.5, 0.6) is 17.2 Å². The highest BCUT2D eigenvalue weighted by Gasteiger charge is 2.48. The Morgan fingerprint density at radius 2 is 1.79 bits per heavy atom. The van der Waals surface area contributed by atoms with Gasteiger partial charge in [0.25, 0.3) is 5.91 Å². The zero-order valence-electron chi connectivity index (χ0n) is 19.1. The third-order valence-corrected chi connectivity index (χ3v) is 7.02. The molecule has 1 unspecified atom stereocenters. The van der Waals surface area contributed by atoms with Gasteiger partial charge in [0.15, 0.2) is 18.1 Å². The summed E-state index contributed by atoms with van der Waals surface area (Å²) in [6.07, 6.45) is 2.43. The number of halogens is 2. The van der Waals surface area contributed by atoms with Crippen LogP contribution in [0.15, 0.2) is 36.4 Å². The lowest BCUT2D eigenvalue weighted by atomic mass is 9.57. The van der Waals surface area contributed by atoms with E-state index in [4.69, 9.17) is 25.8 Å². The van der Waals surface area contributed by atoms with Crippen molar-refractivity contribution in [2.45, 2.75) is 31.8 Å². The Kier molecular flexibility index (Phi) is 7.46. The van der Waals surface area contributed by atoms with E-state index in [1.165, 1.54) is 12.1 Å². The van der Waals surface area contributed by atoms with Gasteiger partial charge in [-0.3, -0.25) is 9.59 Å². The molecule has 2 N–H and O–H groups in total. The molecule has 3 aliphatic carbocycles. The molecule has 2 amide bonds. The van der Waals surface area contributed by atoms with Crippen LogP contribution in [0.3, 0.4) is 0 Å². The first kappa shape index (κ1) is 24.1. The average molecular weight is 491 g/mol. The van der Waals surface area contributed by atoms with Gasteiger partial charge in [-0.1, -0.05) is 17.7 Å². The number of hydrogen-bond acceptors (Lipinski definition) is 5. The number of benzene rings is 2. The summed E-state index contributed by atoms with van der Waals surface area (Å²) in [5.41, 5.74) is 0.911. The molecule has 0 heterocycles. The van der Waals surface area contributed by atoms with Crippen molar-refractivity contribution >= 4 is 23.4 Å². The van der Waals surface area contributed by atoms with Crippen molar-refractivity contribution in [3.05, 3.63) is 52.8 Å². The molecule has 3 aliphatic rings. The molecule has 0 aromatic heterocycles. The second-order valence-corrected chi connectivity index (χ2v) is 9.19. The summed E-state index contributed by atoms with van der Waals surface area (Å²) in [6.45, 7) is 0.151. The van der Waals surface area contributed by atoms with Gasteiger partial charge in [-0.05, 0) is 60.9 Å². The molecule has 2 atom stereocenters. The number of fused-ring (bicyclic) bond motifs is 2. The van der Waals surface area contributed by atoms with Crippen LogP contribution >= 0.6 is 11.6 Å². The smallest absolute Gasteiger partial charge is 0.258 e. The second kappa shape index (κ2) is 10.5. The third-order valence-electron chi connectivity index (χ3n) is 6.72. The molecule has 9 heteroatoms. The van der Waals surface area contributed by atoms with Crippen LogP contribution in [-0.4, -0.2) is 38.7 Å². The fraction of sp³-hybridized carbons (Fsp3) is 0.440. The number of amides is 2. The molecule has 7 nitrogen and oxygen atoms in total. The topological polar surface area (TPSA) is 85.9 Å². The van der Waals surface area contributed by atoms with Crippen molar-refractivity contribution < 1.29 is 28.2 Å². The number of methoxy groups -OCH3 is 2. The quantitative estimate of drug-likeness (QED) is 0.559. The molecule has 2 bridgehead atoms. The predicted molar refractivity (Wildman–Crippen MR) is 125 cm³/mol. The number of nitrogens with one attached hydrogen (secondary N) is 2. The van der Waals surface area contributed by atoms with Crippen LogP contribution < -0.4 is 24.8 Å². The highest BCUT2D eigenvalue weighted by Crippen LogP contribution is 2.49. The lowest BCUT2D eigenvalue weighted by Gasteiger charge is -2.50. The van der Waals surface area contributed by atoms with Crippen LogP contribution in [-0.2, 0) is 16.1 Å². The molecule has 2 aromatic rings. The van der Waals surface area contributed by atoms with Gasteiger partial charge in [0.1, 0.15) is 11.6 Å². The summed E-state index contributed by atoms with van der Waals surface area (Å²) in [5.74, 6) is 1.14. The van der Waals surface area contributed by atoms with E-state index < -0.39 is 5.82 Å². The van der Waals surface area contributed by atoms with E-state index >= 15 is 0 Å². The van der Waals surface area contributed by atoms with Crippen molar-refractivity contribution in [2.24, 2.45) is 17.8 Å². The molecule has 5 rings (SSSR count). The van der Waals surface area contributed by atoms with E-state index in [1.807, 2.05) is 18.2 Å². The van der Waals surface area contributed by atoms with E-state index in [0.717, 1.165) is 24.5 Å². The van der Waals surface area contributed by atoms with Gasteiger partial charge >= 0.3 is 0 Å². The van der Waals surface area contributed by atoms with E-state index in [-0.39, 0.29) is 41.2 Å². The molecule has 0 spiro atoms. The highest BCUT2D eigenvalue weighted by molar-refractivity contribution is 6.30. The van der Waals surface area contributed by atoms with Gasteiger partial charge in [0.2, 0.25) is 5.91 Å². The first-order valence-corrected chi connectivity index (χ1v) is 11.6. The standard InChI is InChI=1S/C25H28ClFN2O5/c1-32-22-6-3-14(7-23(22)33-2)12-28-25(31)18-11-21(16-8-15(18)9-16)29-24(30)13-34-17-4-5-19(26)20(27)10-17/h3-7,10,15-16,18,21H,8-9,11-13H2,1-2H3,(H,28,31)(H,29,30)/t15?,16?,18?,21-/m0/s1. The summed E-state index contributed by atoms with van der Waals surface area (Å²) in [4.78, 5) is 25.4. The summed E-state index contributed by atoms with van der Waals surface area (Å²) in [7, 11) is 3.15. The molecule has 182 valence electrons. The largest absolute Gasteiger partial charge is 0.493 e. The van der Waals surface area contributed by atoms with Crippen LogP contribution in [0.25, 0.3) is 0 Å². The SMILES string of the molecule is COc1ccc(CNC(=O)C2C[C@H](NC(=O)COc3ccc(Cl)c(F)c3)C3CC2C3)cc1OC. The predicted octanol–water partition coefficient (Wildman–Crippen LogP) is 3.72. The van der Waals surface area contributed by atoms with E-state index in [0.29, 0.717) is 36.3 Å². The van der Waals surface area contributed by atoms with Gasteiger partial charge in [0.05, 0.1) is 19.2 Å². The summed E-state index contributed by atoms with van der Waals surface area (Å²) < 4.78 is 29.5. The lowest BCUT2D eigenvalue weighted by Crippen LogP contribution is -2.56. The minimum absolute atomic E-state index is 0.00556. The van der Waals surface area contributed by atoms with Crippen LogP contribution in [0.2, 0.25) is 5.02 Å². The van der Waals surface area contributed by atoms with E-state index in [9.17, 15) is 14.0 Å². The Balaban J connectivity index is 1.28. The van der Waals surface area contributed by atoms with E-state index in [1.54, 1.807) is 14.2 Å². The molecule has 0 aliphatic heterocycles. The van der Waals surface area contributed by atoms with Crippen molar-refractivity contribution in [1.82, 2.24) is 10.6 Å². The van der Waals surface area contributed by atoms with Gasteiger partial charge in [0, 0.05) is 24.6 Å². The molecule has 0 radical (unpaired) electrons. The Morgan fingerprint density at radius 1 is 1.03 bits per heavy atom. The fourth-order valence-corrected chi connectivity index (χ4v) is 4.91. The van der Waals surface area contributed by atoms with Gasteiger partial charge in [-0.25, -0.2) is 4.39 Å². The zero-order chi connectivity index (χ0) is 24.2. The Labute approximate surface area is 202 Å². The molecule has 2 aromatic carbocycles. The summed E-state index contributed by atoms with van der Waals surface area (Å²) >= 11 is 5.66. The molecular weight excluding hydrogens is 463 g/mol. The molecule has 3 fully saturated rings. The first-order chi connectivity index (χ1) is 16.4. The average Bonchev–Trinajstić information content (AvgIpc) is 2.82. The Bertz CT molecular complexity index is 1060. The van der Waals surface area contributed by atoms with Crippen molar-refractivity contribution in [3.8, 4) is 17.2 Å². The number of hydrogen-bond donors (Lipinski definition) is 2. The molecule has 34 heavy (non-hydrogen) atoms. The van der Waals surface area contributed by atoms with Crippen LogP contribution in [0, 0.1) is 23.6 Å². The van der Waals surface area contributed by atoms with Gasteiger partial charge in [-0.2, -0.15) is 0 Å². The van der Waals surface area contributed by atoms with Gasteiger partial charge in [-0.15, -0.1) is 0 Å². The molecular formula is C25H28ClFN2O5. The third kappa shape index (κ3) is 5.38. The van der Waals surface area contributed by atoms with Crippen LogP contribution in [0.1, 0.15) is 24.8 Å². The molecule has 3 saturated carbocycles. The minimum Gasteiger partial charge on any atom is -0.493 e. The Hall–Kier alpha value is -3.00. The highest BCUT2D eigenvalue weighted by atomic mass is 35.5. The Morgan fingerprint density at radius 3 is 2.50 bits per heavy atom. The fourth-order valence-electron chi connectivity index (χ4n) is 4.80. The maximum absolute atomic E-state index is 13.5. The first-order valence-electron chi connectivity index (χ1n) is 11.2. The maximum Gasteiger partial charge on any atom is 0.258 e. The number of ether oxygens (including phenoxy) is 3. The summed E-state index contributed by atoms with van der Waals surface area (Å²) in [6, 6.07) is 9.49. The van der Waals surface area contributed by atoms with Gasteiger partial charge < -0.3 is 24.8 Å². The second-order valence-electron chi connectivity index (χ2n) is 8.78. The lowest BCUT2D eigenvalue weighted by molar-refractivity contribution is -0.136. The van der Waals surface area contributed by atoms with Crippen molar-refractivity contribution in [2.75, 3.05) is 20.8 Å². The maximum atomic E-state index is 13.5. The van der Waals surface area contributed by atoms with Crippen LogP contribution in [0.4, 0.5) is 4.39 Å². The minimum atomic E-state index is -0.602. The van der Waals surface area contributed by atoms with Crippen molar-refractivity contribution in [1.29, 1.82) is 0 Å². The normalized spacial score (nSPS) is 22.8.